The Kier molecular flexibility index (Phi) is 4.58. The number of hydrogen-bond donors (Lipinski definition) is 1. The van der Waals surface area contributed by atoms with Crippen LogP contribution in [0.25, 0.3) is 0 Å². The first-order valence-corrected chi connectivity index (χ1v) is 4.46. The molecule has 0 radical (unpaired) electrons. The smallest absolute Gasteiger partial charge is 0.398 e. The van der Waals surface area contributed by atoms with Gasteiger partial charge in [-0.15, -0.1) is 0 Å². The number of benzene rings is 1. The fourth-order valence-corrected chi connectivity index (χ4v) is 0.919. The minimum absolute atomic E-state index is 0.0190. The van der Waals surface area contributed by atoms with Crippen molar-refractivity contribution in [1.29, 1.82) is 0 Å². The van der Waals surface area contributed by atoms with Crippen LogP contribution >= 0.6 is 0 Å². The van der Waals surface area contributed by atoms with E-state index in [1.54, 1.807) is 0 Å². The lowest BCUT2D eigenvalue weighted by atomic mass is 10.1. The van der Waals surface area contributed by atoms with E-state index in [0.29, 0.717) is 6.07 Å². The highest BCUT2D eigenvalue weighted by molar-refractivity contribution is 5.49. The number of halogens is 4. The quantitative estimate of drug-likeness (QED) is 0.526. The average molecular weight is 223 g/mol. The zero-order valence-electron chi connectivity index (χ0n) is 8.74. The molecule has 0 aliphatic rings. The molecule has 2 N–H and O–H groups in total. The second-order valence-electron chi connectivity index (χ2n) is 2.64. The van der Waals surface area contributed by atoms with Gasteiger partial charge in [0.1, 0.15) is 5.82 Å². The van der Waals surface area contributed by atoms with Gasteiger partial charge in [0.05, 0.1) is 5.56 Å². The van der Waals surface area contributed by atoms with Crippen LogP contribution in [-0.2, 0) is 6.18 Å². The molecule has 0 bridgehead atoms. The molecule has 0 unspecified atom stereocenters. The SMILES string of the molecule is CC.Cc1c(N)ccc(C(F)(F)F)c1F. The average Bonchev–Trinajstić information content (AvgIpc) is 2.15. The number of alkyl halides is 3. The number of nitrogens with two attached hydrogens (primary N) is 1. The van der Waals surface area contributed by atoms with Crippen molar-refractivity contribution in [2.75, 3.05) is 5.73 Å². The zero-order chi connectivity index (χ0) is 12.2. The molecule has 15 heavy (non-hydrogen) atoms. The Labute approximate surface area is 85.9 Å². The summed E-state index contributed by atoms with van der Waals surface area (Å²) in [6.45, 7) is 5.21. The molecule has 0 heterocycles. The first kappa shape index (κ1) is 13.7. The minimum atomic E-state index is -4.66. The van der Waals surface area contributed by atoms with E-state index in [2.05, 4.69) is 0 Å². The summed E-state index contributed by atoms with van der Waals surface area (Å²) in [5.41, 5.74) is 3.79. The van der Waals surface area contributed by atoms with Gasteiger partial charge in [0.25, 0.3) is 0 Å². The molecule has 5 heteroatoms. The maximum Gasteiger partial charge on any atom is 0.419 e. The summed E-state index contributed by atoms with van der Waals surface area (Å²) in [4.78, 5) is 0. The van der Waals surface area contributed by atoms with E-state index in [-0.39, 0.29) is 11.3 Å². The van der Waals surface area contributed by atoms with Crippen LogP contribution in [0.1, 0.15) is 25.0 Å². The van der Waals surface area contributed by atoms with E-state index in [0.717, 1.165) is 6.07 Å². The van der Waals surface area contributed by atoms with Crippen LogP contribution in [0, 0.1) is 12.7 Å². The van der Waals surface area contributed by atoms with Crippen LogP contribution in [-0.4, -0.2) is 0 Å². The molecule has 0 saturated heterocycles. The molecule has 0 spiro atoms. The van der Waals surface area contributed by atoms with Crippen molar-refractivity contribution in [3.8, 4) is 0 Å². The van der Waals surface area contributed by atoms with Crippen LogP contribution in [0.3, 0.4) is 0 Å². The van der Waals surface area contributed by atoms with Crippen molar-refractivity contribution in [3.05, 3.63) is 29.1 Å². The van der Waals surface area contributed by atoms with Gasteiger partial charge in [-0.2, -0.15) is 13.2 Å². The first-order valence-electron chi connectivity index (χ1n) is 4.46. The Morgan fingerprint density at radius 1 is 1.13 bits per heavy atom. The van der Waals surface area contributed by atoms with E-state index >= 15 is 0 Å². The van der Waals surface area contributed by atoms with E-state index in [1.165, 1.54) is 6.92 Å². The molecule has 0 aliphatic heterocycles. The van der Waals surface area contributed by atoms with Crippen molar-refractivity contribution in [2.45, 2.75) is 26.9 Å². The Bertz CT molecular complexity index is 331. The fraction of sp³-hybridized carbons (Fsp3) is 0.400. The molecular formula is C10H13F4N. The second kappa shape index (κ2) is 5.00. The highest BCUT2D eigenvalue weighted by Crippen LogP contribution is 2.33. The third kappa shape index (κ3) is 3.11. The predicted molar refractivity (Wildman–Crippen MR) is 51.9 cm³/mol. The Morgan fingerprint density at radius 3 is 2.00 bits per heavy atom. The number of hydrogen-bond acceptors (Lipinski definition) is 1. The van der Waals surface area contributed by atoms with Gasteiger partial charge in [0.2, 0.25) is 0 Å². The van der Waals surface area contributed by atoms with Crippen LogP contribution in [0.5, 0.6) is 0 Å². The van der Waals surface area contributed by atoms with Gasteiger partial charge >= 0.3 is 6.18 Å². The summed E-state index contributed by atoms with van der Waals surface area (Å²) in [7, 11) is 0. The van der Waals surface area contributed by atoms with Gasteiger partial charge in [-0.1, -0.05) is 13.8 Å². The number of rotatable bonds is 0. The van der Waals surface area contributed by atoms with Gasteiger partial charge in [-0.25, -0.2) is 4.39 Å². The first-order chi connectivity index (χ1) is 6.84. The highest BCUT2D eigenvalue weighted by atomic mass is 19.4. The molecule has 0 aliphatic carbocycles. The standard InChI is InChI=1S/C8H7F4N.C2H6/c1-4-6(13)3-2-5(7(4)9)8(10,11)12;1-2/h2-3H,13H2,1H3;1-2H3. The Hall–Kier alpha value is -1.26. The molecule has 1 aromatic carbocycles. The number of nitrogen functional groups attached to an aromatic ring is 1. The van der Waals surface area contributed by atoms with Gasteiger partial charge in [0, 0.05) is 11.3 Å². The lowest BCUT2D eigenvalue weighted by Crippen LogP contribution is -2.10. The molecular weight excluding hydrogens is 210 g/mol. The molecule has 0 saturated carbocycles. The zero-order valence-corrected chi connectivity index (χ0v) is 8.74. The van der Waals surface area contributed by atoms with E-state index in [1.807, 2.05) is 13.8 Å². The van der Waals surface area contributed by atoms with E-state index in [4.69, 9.17) is 5.73 Å². The summed E-state index contributed by atoms with van der Waals surface area (Å²) >= 11 is 0. The molecule has 0 amide bonds. The Morgan fingerprint density at radius 2 is 1.60 bits per heavy atom. The summed E-state index contributed by atoms with van der Waals surface area (Å²) in [6.07, 6.45) is -4.66. The third-order valence-corrected chi connectivity index (χ3v) is 1.73. The second-order valence-corrected chi connectivity index (χ2v) is 2.64. The predicted octanol–water partition coefficient (Wildman–Crippen LogP) is 3.76. The van der Waals surface area contributed by atoms with E-state index < -0.39 is 17.6 Å². The normalized spacial score (nSPS) is 10.6. The van der Waals surface area contributed by atoms with Gasteiger partial charge < -0.3 is 5.73 Å². The molecule has 1 rings (SSSR count). The van der Waals surface area contributed by atoms with Gasteiger partial charge in [-0.05, 0) is 19.1 Å². The summed E-state index contributed by atoms with van der Waals surface area (Å²) < 4.78 is 49.2. The van der Waals surface area contributed by atoms with Crippen LogP contribution in [0.15, 0.2) is 12.1 Å². The maximum atomic E-state index is 13.0. The molecule has 1 aromatic rings. The van der Waals surface area contributed by atoms with Gasteiger partial charge in [-0.3, -0.25) is 0 Å². The lowest BCUT2D eigenvalue weighted by Gasteiger charge is -2.10. The van der Waals surface area contributed by atoms with Crippen LogP contribution in [0.2, 0.25) is 0 Å². The van der Waals surface area contributed by atoms with Crippen molar-refractivity contribution in [3.63, 3.8) is 0 Å². The molecule has 86 valence electrons. The fourth-order valence-electron chi connectivity index (χ4n) is 0.919. The molecule has 0 fully saturated rings. The summed E-state index contributed by atoms with van der Waals surface area (Å²) in [5.74, 6) is -1.30. The van der Waals surface area contributed by atoms with Crippen molar-refractivity contribution < 1.29 is 17.6 Å². The largest absolute Gasteiger partial charge is 0.419 e. The topological polar surface area (TPSA) is 26.0 Å². The van der Waals surface area contributed by atoms with E-state index in [9.17, 15) is 17.6 Å². The third-order valence-electron chi connectivity index (χ3n) is 1.73. The molecule has 0 aromatic heterocycles. The lowest BCUT2D eigenvalue weighted by molar-refractivity contribution is -0.140. The monoisotopic (exact) mass is 223 g/mol. The van der Waals surface area contributed by atoms with Crippen molar-refractivity contribution in [1.82, 2.24) is 0 Å². The van der Waals surface area contributed by atoms with Crippen LogP contribution in [0.4, 0.5) is 23.2 Å². The van der Waals surface area contributed by atoms with Gasteiger partial charge in [0.15, 0.2) is 0 Å². The highest BCUT2D eigenvalue weighted by Gasteiger charge is 2.34. The van der Waals surface area contributed by atoms with Crippen LogP contribution < -0.4 is 5.73 Å². The molecule has 0 atom stereocenters. The van der Waals surface area contributed by atoms with Crippen molar-refractivity contribution in [2.24, 2.45) is 0 Å². The number of anilines is 1. The van der Waals surface area contributed by atoms with Crippen molar-refractivity contribution >= 4 is 5.69 Å². The Balaban J connectivity index is 0.000000921. The minimum Gasteiger partial charge on any atom is -0.398 e. The summed E-state index contributed by atoms with van der Waals surface area (Å²) in [5, 5.41) is 0. The molecule has 1 nitrogen and oxygen atoms in total. The summed E-state index contributed by atoms with van der Waals surface area (Å²) in [6, 6.07) is 1.68. The maximum absolute atomic E-state index is 13.0.